The Kier molecular flexibility index (Phi) is 3.71. The first-order valence-corrected chi connectivity index (χ1v) is 2.64. The highest BCUT2D eigenvalue weighted by molar-refractivity contribution is 5.81. The molecule has 3 heteroatoms. The molecule has 1 N–H and O–H groups in total. The van der Waals surface area contributed by atoms with Crippen molar-refractivity contribution in [1.82, 2.24) is 0 Å². The smallest absolute Gasteiger partial charge is 0.330 e. The summed E-state index contributed by atoms with van der Waals surface area (Å²) < 4.78 is 4.54. The van der Waals surface area contributed by atoms with E-state index in [2.05, 4.69) is 11.3 Å². The third kappa shape index (κ3) is 3.73. The van der Waals surface area contributed by atoms with Gasteiger partial charge in [0.15, 0.2) is 0 Å². The molecule has 0 aliphatic heterocycles. The highest BCUT2D eigenvalue weighted by atomic mass is 16.5. The molecular weight excluding hydrogens is 120 g/mol. The zero-order valence-electron chi connectivity index (χ0n) is 5.33. The van der Waals surface area contributed by atoms with E-state index in [1.54, 1.807) is 6.92 Å². The Hall–Kier alpha value is -0.830. The summed E-state index contributed by atoms with van der Waals surface area (Å²) in [5, 5.41) is 8.37. The molecule has 0 saturated heterocycles. The van der Waals surface area contributed by atoms with E-state index >= 15 is 0 Å². The largest absolute Gasteiger partial charge is 0.457 e. The number of ether oxygens (including phenoxy) is 1. The van der Waals surface area contributed by atoms with Crippen LogP contribution in [0.15, 0.2) is 12.7 Å². The van der Waals surface area contributed by atoms with E-state index in [-0.39, 0.29) is 6.61 Å². The van der Waals surface area contributed by atoms with E-state index in [1.807, 2.05) is 0 Å². The first kappa shape index (κ1) is 8.17. The third-order valence-electron chi connectivity index (χ3n) is 0.741. The van der Waals surface area contributed by atoms with E-state index in [4.69, 9.17) is 5.11 Å². The number of hydrogen-bond acceptors (Lipinski definition) is 3. The van der Waals surface area contributed by atoms with E-state index in [0.717, 1.165) is 6.08 Å². The maximum atomic E-state index is 10.3. The van der Waals surface area contributed by atoms with Gasteiger partial charge < -0.3 is 9.84 Å². The van der Waals surface area contributed by atoms with Crippen molar-refractivity contribution in [3.63, 3.8) is 0 Å². The molecule has 0 spiro atoms. The van der Waals surface area contributed by atoms with Crippen LogP contribution in [0.2, 0.25) is 0 Å². The van der Waals surface area contributed by atoms with E-state index in [1.165, 1.54) is 0 Å². The molecule has 0 bridgehead atoms. The second kappa shape index (κ2) is 4.09. The minimum absolute atomic E-state index is 0.153. The van der Waals surface area contributed by atoms with Gasteiger partial charge in [0.2, 0.25) is 0 Å². The highest BCUT2D eigenvalue weighted by Crippen LogP contribution is 1.88. The quantitative estimate of drug-likeness (QED) is 0.435. The summed E-state index contributed by atoms with van der Waals surface area (Å²) in [5.41, 5.74) is 0. The second-order valence-corrected chi connectivity index (χ2v) is 1.63. The molecule has 0 radical (unpaired) electrons. The predicted molar refractivity (Wildman–Crippen MR) is 32.8 cm³/mol. The first-order valence-electron chi connectivity index (χ1n) is 2.64. The molecular formula is C6H10O3. The van der Waals surface area contributed by atoms with Crippen LogP contribution in [0.25, 0.3) is 0 Å². The SMILES string of the molecule is C=CC(=O)OC(C)CO. The molecule has 0 heterocycles. The summed E-state index contributed by atoms with van der Waals surface area (Å²) in [6, 6.07) is 0. The second-order valence-electron chi connectivity index (χ2n) is 1.63. The van der Waals surface area contributed by atoms with Gasteiger partial charge in [-0.15, -0.1) is 0 Å². The summed E-state index contributed by atoms with van der Waals surface area (Å²) in [5.74, 6) is -0.503. The molecule has 0 aliphatic rings. The van der Waals surface area contributed by atoms with Crippen molar-refractivity contribution < 1.29 is 14.6 Å². The van der Waals surface area contributed by atoms with E-state index in [0.29, 0.717) is 0 Å². The molecule has 9 heavy (non-hydrogen) atoms. The van der Waals surface area contributed by atoms with Gasteiger partial charge in [-0.2, -0.15) is 0 Å². The van der Waals surface area contributed by atoms with Crippen molar-refractivity contribution in [3.8, 4) is 0 Å². The van der Waals surface area contributed by atoms with Gasteiger partial charge in [-0.25, -0.2) is 4.79 Å². The molecule has 1 unspecified atom stereocenters. The fraction of sp³-hybridized carbons (Fsp3) is 0.500. The number of rotatable bonds is 3. The molecule has 52 valence electrons. The van der Waals surface area contributed by atoms with Gasteiger partial charge >= 0.3 is 5.97 Å². The standard InChI is InChI=1S/C6H10O3/c1-3-6(8)9-5(2)4-7/h3,5,7H,1,4H2,2H3. The van der Waals surface area contributed by atoms with Crippen LogP contribution in [0, 0.1) is 0 Å². The maximum Gasteiger partial charge on any atom is 0.330 e. The summed E-state index contributed by atoms with van der Waals surface area (Å²) >= 11 is 0. The van der Waals surface area contributed by atoms with Gasteiger partial charge in [0.05, 0.1) is 6.61 Å². The van der Waals surface area contributed by atoms with Crippen molar-refractivity contribution in [3.05, 3.63) is 12.7 Å². The highest BCUT2D eigenvalue weighted by Gasteiger charge is 2.02. The number of aliphatic hydroxyl groups is 1. The van der Waals surface area contributed by atoms with Crippen molar-refractivity contribution >= 4 is 5.97 Å². The minimum Gasteiger partial charge on any atom is -0.457 e. The van der Waals surface area contributed by atoms with Gasteiger partial charge in [-0.1, -0.05) is 6.58 Å². The summed E-state index contributed by atoms with van der Waals surface area (Å²) in [6.07, 6.45) is 0.627. The van der Waals surface area contributed by atoms with Gasteiger partial charge in [-0.05, 0) is 6.92 Å². The molecule has 0 aliphatic carbocycles. The monoisotopic (exact) mass is 130 g/mol. The van der Waals surface area contributed by atoms with Crippen LogP contribution in [-0.4, -0.2) is 23.8 Å². The van der Waals surface area contributed by atoms with Crippen LogP contribution in [0.5, 0.6) is 0 Å². The lowest BCUT2D eigenvalue weighted by atomic mass is 10.4. The molecule has 0 fully saturated rings. The lowest BCUT2D eigenvalue weighted by molar-refractivity contribution is -0.143. The van der Waals surface area contributed by atoms with Crippen LogP contribution in [-0.2, 0) is 9.53 Å². The number of esters is 1. The van der Waals surface area contributed by atoms with Crippen LogP contribution >= 0.6 is 0 Å². The normalized spacial score (nSPS) is 12.2. The molecule has 3 nitrogen and oxygen atoms in total. The predicted octanol–water partition coefficient (Wildman–Crippen LogP) is 0.0964. The van der Waals surface area contributed by atoms with Crippen LogP contribution in [0.1, 0.15) is 6.92 Å². The Morgan fingerprint density at radius 2 is 2.56 bits per heavy atom. The van der Waals surface area contributed by atoms with Gasteiger partial charge in [0.25, 0.3) is 0 Å². The van der Waals surface area contributed by atoms with Crippen LogP contribution in [0.4, 0.5) is 0 Å². The zero-order chi connectivity index (χ0) is 7.28. The molecule has 0 saturated carbocycles. The number of aliphatic hydroxyl groups excluding tert-OH is 1. The first-order chi connectivity index (χ1) is 4.20. The van der Waals surface area contributed by atoms with E-state index in [9.17, 15) is 4.79 Å². The molecule has 0 rings (SSSR count). The van der Waals surface area contributed by atoms with Crippen LogP contribution in [0.3, 0.4) is 0 Å². The molecule has 0 amide bonds. The van der Waals surface area contributed by atoms with Crippen molar-refractivity contribution in [2.75, 3.05) is 6.61 Å². The zero-order valence-corrected chi connectivity index (χ0v) is 5.33. The Morgan fingerprint density at radius 1 is 2.00 bits per heavy atom. The molecule has 0 aromatic rings. The van der Waals surface area contributed by atoms with Crippen LogP contribution < -0.4 is 0 Å². The van der Waals surface area contributed by atoms with Crippen molar-refractivity contribution in [1.29, 1.82) is 0 Å². The Labute approximate surface area is 53.9 Å². The maximum absolute atomic E-state index is 10.3. The molecule has 1 atom stereocenters. The van der Waals surface area contributed by atoms with Gasteiger partial charge in [0.1, 0.15) is 6.10 Å². The number of hydrogen-bond donors (Lipinski definition) is 1. The molecule has 0 aromatic heterocycles. The molecule has 0 aromatic carbocycles. The number of carbonyl (C=O) groups excluding carboxylic acids is 1. The topological polar surface area (TPSA) is 46.5 Å². The lowest BCUT2D eigenvalue weighted by Crippen LogP contribution is -2.16. The van der Waals surface area contributed by atoms with Crippen molar-refractivity contribution in [2.24, 2.45) is 0 Å². The lowest BCUT2D eigenvalue weighted by Gasteiger charge is -2.06. The van der Waals surface area contributed by atoms with Gasteiger partial charge in [0, 0.05) is 6.08 Å². The Bertz CT molecular complexity index is 109. The third-order valence-corrected chi connectivity index (χ3v) is 0.741. The fourth-order valence-corrected chi connectivity index (χ4v) is 0.284. The summed E-state index contributed by atoms with van der Waals surface area (Å²) in [4.78, 5) is 10.3. The Balaban J connectivity index is 3.46. The summed E-state index contributed by atoms with van der Waals surface area (Å²) in [6.45, 7) is 4.64. The van der Waals surface area contributed by atoms with E-state index < -0.39 is 12.1 Å². The number of carbonyl (C=O) groups is 1. The Morgan fingerprint density at radius 3 is 2.89 bits per heavy atom. The van der Waals surface area contributed by atoms with Gasteiger partial charge in [-0.3, -0.25) is 0 Å². The fourth-order valence-electron chi connectivity index (χ4n) is 0.284. The average Bonchev–Trinajstić information content (AvgIpc) is 1.87. The van der Waals surface area contributed by atoms with Crippen molar-refractivity contribution in [2.45, 2.75) is 13.0 Å². The average molecular weight is 130 g/mol. The summed E-state index contributed by atoms with van der Waals surface area (Å²) in [7, 11) is 0. The minimum atomic E-state index is -0.503.